The number of nitrogens with zero attached hydrogens (tertiary/aromatic N) is 1. The molecule has 1 saturated heterocycles. The summed E-state index contributed by atoms with van der Waals surface area (Å²) in [6.45, 7) is 1.73. The zero-order valence-electron chi connectivity index (χ0n) is 9.90. The van der Waals surface area contributed by atoms with Gasteiger partial charge in [-0.25, -0.2) is 12.8 Å². The van der Waals surface area contributed by atoms with E-state index in [1.165, 1.54) is 12.1 Å². The van der Waals surface area contributed by atoms with Crippen LogP contribution in [0.3, 0.4) is 0 Å². The molecule has 2 rings (SSSR count). The minimum Gasteiger partial charge on any atom is -0.366 e. The highest BCUT2D eigenvalue weighted by atomic mass is 32.2. The van der Waals surface area contributed by atoms with Crippen LogP contribution >= 0.6 is 0 Å². The van der Waals surface area contributed by atoms with Gasteiger partial charge in [0, 0.05) is 5.69 Å². The third-order valence-electron chi connectivity index (χ3n) is 2.95. The Balaban J connectivity index is 2.30. The molecule has 1 aliphatic rings. The Kier molecular flexibility index (Phi) is 3.03. The maximum absolute atomic E-state index is 13.2. The second-order valence-electron chi connectivity index (χ2n) is 4.68. The van der Waals surface area contributed by atoms with Crippen LogP contribution < -0.4 is 5.32 Å². The molecule has 0 amide bonds. The van der Waals surface area contributed by atoms with E-state index in [0.29, 0.717) is 11.3 Å². The normalized spacial score (nSPS) is 25.6. The van der Waals surface area contributed by atoms with Crippen molar-refractivity contribution < 1.29 is 12.8 Å². The molecule has 1 aromatic rings. The number of hydrogen-bond acceptors (Lipinski definition) is 4. The van der Waals surface area contributed by atoms with E-state index in [0.717, 1.165) is 0 Å². The summed E-state index contributed by atoms with van der Waals surface area (Å²) in [4.78, 5) is 0. The van der Waals surface area contributed by atoms with Crippen molar-refractivity contribution in [2.75, 3.05) is 16.8 Å². The molecular formula is C12H13FN2O2S. The second kappa shape index (κ2) is 4.25. The van der Waals surface area contributed by atoms with E-state index in [1.807, 2.05) is 6.07 Å². The maximum Gasteiger partial charge on any atom is 0.153 e. The molecule has 1 N–H and O–H groups in total. The number of nitriles is 1. The quantitative estimate of drug-likeness (QED) is 0.885. The van der Waals surface area contributed by atoms with Crippen molar-refractivity contribution in [3.8, 4) is 6.07 Å². The molecular weight excluding hydrogens is 255 g/mol. The molecule has 1 unspecified atom stereocenters. The summed E-state index contributed by atoms with van der Waals surface area (Å²) in [6.07, 6.45) is 0.224. The fourth-order valence-corrected chi connectivity index (χ4v) is 3.98. The zero-order chi connectivity index (χ0) is 13.4. The summed E-state index contributed by atoms with van der Waals surface area (Å²) >= 11 is 0. The van der Waals surface area contributed by atoms with E-state index in [1.54, 1.807) is 13.0 Å². The van der Waals surface area contributed by atoms with Crippen molar-refractivity contribution in [3.63, 3.8) is 0 Å². The molecule has 6 heteroatoms. The third-order valence-corrected chi connectivity index (χ3v) is 4.70. The Morgan fingerprint density at radius 2 is 2.17 bits per heavy atom. The molecule has 96 valence electrons. The molecule has 0 saturated carbocycles. The standard InChI is InChI=1S/C12H13FN2O2S/c1-9-4-10(13)6-11(5-9)15-12(7-14)2-3-18(16,17)8-12/h4-6,15H,2-3,8H2,1H3. The predicted molar refractivity (Wildman–Crippen MR) is 66.4 cm³/mol. The van der Waals surface area contributed by atoms with Crippen molar-refractivity contribution in [3.05, 3.63) is 29.6 Å². The number of aryl methyl sites for hydroxylation is 1. The smallest absolute Gasteiger partial charge is 0.153 e. The molecule has 0 bridgehead atoms. The molecule has 4 nitrogen and oxygen atoms in total. The van der Waals surface area contributed by atoms with Gasteiger partial charge >= 0.3 is 0 Å². The van der Waals surface area contributed by atoms with Gasteiger partial charge in [0.2, 0.25) is 0 Å². The number of hydrogen-bond donors (Lipinski definition) is 1. The van der Waals surface area contributed by atoms with Crippen molar-refractivity contribution >= 4 is 15.5 Å². The molecule has 0 aromatic heterocycles. The summed E-state index contributed by atoms with van der Waals surface area (Å²) in [5, 5.41) is 12.0. The minimum absolute atomic E-state index is 0.0120. The highest BCUT2D eigenvalue weighted by Crippen LogP contribution is 2.28. The average molecular weight is 268 g/mol. The molecule has 1 fully saturated rings. The number of sulfone groups is 1. The maximum atomic E-state index is 13.2. The van der Waals surface area contributed by atoms with Gasteiger partial charge in [0.1, 0.15) is 11.4 Å². The van der Waals surface area contributed by atoms with Gasteiger partial charge in [-0.15, -0.1) is 0 Å². The van der Waals surface area contributed by atoms with Crippen LogP contribution in [0, 0.1) is 24.1 Å². The third kappa shape index (κ3) is 2.62. The predicted octanol–water partition coefficient (Wildman–Crippen LogP) is 1.63. The number of benzene rings is 1. The Morgan fingerprint density at radius 1 is 1.44 bits per heavy atom. The molecule has 0 aliphatic carbocycles. The number of rotatable bonds is 2. The largest absolute Gasteiger partial charge is 0.366 e. The molecule has 1 heterocycles. The van der Waals surface area contributed by atoms with Gasteiger partial charge in [0.05, 0.1) is 17.6 Å². The van der Waals surface area contributed by atoms with Crippen molar-refractivity contribution in [1.82, 2.24) is 0 Å². The van der Waals surface area contributed by atoms with Crippen molar-refractivity contribution in [1.29, 1.82) is 5.26 Å². The van der Waals surface area contributed by atoms with Crippen LogP contribution in [0.4, 0.5) is 10.1 Å². The van der Waals surface area contributed by atoms with Gasteiger partial charge in [-0.3, -0.25) is 0 Å². The summed E-state index contributed by atoms with van der Waals surface area (Å²) in [7, 11) is -3.19. The number of nitrogens with one attached hydrogen (secondary N) is 1. The fraction of sp³-hybridized carbons (Fsp3) is 0.417. The van der Waals surface area contributed by atoms with E-state index in [9.17, 15) is 18.1 Å². The molecule has 1 aliphatic heterocycles. The zero-order valence-corrected chi connectivity index (χ0v) is 10.7. The Bertz CT molecular complexity index is 601. The molecule has 18 heavy (non-hydrogen) atoms. The Labute approximate surface area is 105 Å². The molecule has 1 atom stereocenters. The summed E-state index contributed by atoms with van der Waals surface area (Å²) in [5.41, 5.74) is 0.0107. The summed E-state index contributed by atoms with van der Waals surface area (Å²) in [6, 6.07) is 6.33. The lowest BCUT2D eigenvalue weighted by Crippen LogP contribution is -2.37. The van der Waals surface area contributed by atoms with E-state index < -0.39 is 21.2 Å². The topological polar surface area (TPSA) is 70.0 Å². The van der Waals surface area contributed by atoms with Gasteiger partial charge in [-0.2, -0.15) is 5.26 Å². The van der Waals surface area contributed by atoms with Crippen LogP contribution in [-0.4, -0.2) is 25.5 Å². The highest BCUT2D eigenvalue weighted by Gasteiger charge is 2.42. The number of anilines is 1. The second-order valence-corrected chi connectivity index (χ2v) is 6.86. The van der Waals surface area contributed by atoms with Gasteiger partial charge in [0.15, 0.2) is 9.84 Å². The van der Waals surface area contributed by atoms with E-state index in [2.05, 4.69) is 5.32 Å². The Hall–Kier alpha value is -1.61. The van der Waals surface area contributed by atoms with Gasteiger partial charge in [-0.1, -0.05) is 0 Å². The lowest BCUT2D eigenvalue weighted by Gasteiger charge is -2.22. The van der Waals surface area contributed by atoms with Crippen LogP contribution in [0.15, 0.2) is 18.2 Å². The first-order valence-corrected chi connectivity index (χ1v) is 7.33. The van der Waals surface area contributed by atoms with E-state index in [4.69, 9.17) is 0 Å². The SMILES string of the molecule is Cc1cc(F)cc(NC2(C#N)CCS(=O)(=O)C2)c1. The highest BCUT2D eigenvalue weighted by molar-refractivity contribution is 7.91. The number of halogens is 1. The average Bonchev–Trinajstić information content (AvgIpc) is 2.53. The lowest BCUT2D eigenvalue weighted by atomic mass is 10.0. The van der Waals surface area contributed by atoms with Crippen LogP contribution in [0.2, 0.25) is 0 Å². The van der Waals surface area contributed by atoms with Gasteiger partial charge in [-0.05, 0) is 37.1 Å². The van der Waals surface area contributed by atoms with Crippen LogP contribution in [-0.2, 0) is 9.84 Å². The summed E-state index contributed by atoms with van der Waals surface area (Å²) in [5.74, 6) is -0.653. The molecule has 1 aromatic carbocycles. The summed E-state index contributed by atoms with van der Waals surface area (Å²) < 4.78 is 36.2. The van der Waals surface area contributed by atoms with Crippen LogP contribution in [0.5, 0.6) is 0 Å². The van der Waals surface area contributed by atoms with Crippen molar-refractivity contribution in [2.45, 2.75) is 18.9 Å². The molecule has 0 spiro atoms. The molecule has 0 radical (unpaired) electrons. The van der Waals surface area contributed by atoms with Crippen LogP contribution in [0.25, 0.3) is 0 Å². The van der Waals surface area contributed by atoms with Crippen molar-refractivity contribution in [2.24, 2.45) is 0 Å². The first-order chi connectivity index (χ1) is 8.34. The monoisotopic (exact) mass is 268 g/mol. The first-order valence-electron chi connectivity index (χ1n) is 5.51. The first kappa shape index (κ1) is 12.8. The lowest BCUT2D eigenvalue weighted by molar-refractivity contribution is 0.599. The fourth-order valence-electron chi connectivity index (χ4n) is 2.15. The Morgan fingerprint density at radius 3 is 2.67 bits per heavy atom. The van der Waals surface area contributed by atoms with E-state index >= 15 is 0 Å². The minimum atomic E-state index is -3.19. The van der Waals surface area contributed by atoms with Gasteiger partial charge < -0.3 is 5.32 Å². The van der Waals surface area contributed by atoms with E-state index in [-0.39, 0.29) is 17.9 Å². The van der Waals surface area contributed by atoms with Crippen LogP contribution in [0.1, 0.15) is 12.0 Å². The van der Waals surface area contributed by atoms with Gasteiger partial charge in [0.25, 0.3) is 0 Å².